The van der Waals surface area contributed by atoms with Crippen LogP contribution in [-0.4, -0.2) is 24.5 Å². The summed E-state index contributed by atoms with van der Waals surface area (Å²) in [5.41, 5.74) is 1.28. The molecule has 1 aromatic heterocycles. The fraction of sp³-hybridized carbons (Fsp3) is 0.0588. The van der Waals surface area contributed by atoms with E-state index >= 15 is 0 Å². The average molecular weight is 358 g/mol. The Bertz CT molecular complexity index is 1130. The molecule has 0 atom stereocenters. The maximum absolute atomic E-state index is 12.5. The molecule has 0 fully saturated rings. The van der Waals surface area contributed by atoms with Gasteiger partial charge in [-0.15, -0.1) is 0 Å². The Morgan fingerprint density at radius 3 is 2.40 bits per heavy atom. The number of H-pyrrole nitrogens is 1. The fourth-order valence-electron chi connectivity index (χ4n) is 2.46. The summed E-state index contributed by atoms with van der Waals surface area (Å²) in [7, 11) is -3.85. The summed E-state index contributed by atoms with van der Waals surface area (Å²) >= 11 is 0. The molecule has 3 rings (SSSR count). The van der Waals surface area contributed by atoms with Gasteiger partial charge in [0.2, 0.25) is 5.56 Å². The lowest BCUT2D eigenvalue weighted by Crippen LogP contribution is -2.13. The van der Waals surface area contributed by atoms with Crippen molar-refractivity contribution in [1.82, 2.24) is 4.98 Å². The molecule has 128 valence electrons. The highest BCUT2D eigenvalue weighted by atomic mass is 32.2. The maximum Gasteiger partial charge on any atom is 0.335 e. The zero-order valence-electron chi connectivity index (χ0n) is 13.1. The van der Waals surface area contributed by atoms with Crippen molar-refractivity contribution in [3.05, 3.63) is 70.0 Å². The van der Waals surface area contributed by atoms with Crippen LogP contribution in [0.15, 0.2) is 58.2 Å². The molecule has 0 aliphatic carbocycles. The molecule has 0 aliphatic heterocycles. The zero-order chi connectivity index (χ0) is 18.2. The highest BCUT2D eigenvalue weighted by molar-refractivity contribution is 7.92. The van der Waals surface area contributed by atoms with Gasteiger partial charge >= 0.3 is 5.97 Å². The molecule has 3 N–H and O–H groups in total. The van der Waals surface area contributed by atoms with Crippen LogP contribution in [0.5, 0.6) is 0 Å². The number of aromatic amines is 1. The van der Waals surface area contributed by atoms with Crippen molar-refractivity contribution < 1.29 is 18.3 Å². The topological polar surface area (TPSA) is 116 Å². The standard InChI is InChI=1S/C17H14N2O5S/c1-10-8-16(20)18-15-7-6-13(9-14(10)15)25(23,24)19-12-4-2-11(3-5-12)17(21)22/h2-9,19H,1H3,(H,18,20)(H,21,22). The lowest BCUT2D eigenvalue weighted by molar-refractivity contribution is 0.0697. The number of hydrogen-bond donors (Lipinski definition) is 3. The smallest absolute Gasteiger partial charge is 0.335 e. The molecule has 0 spiro atoms. The molecule has 7 nitrogen and oxygen atoms in total. The van der Waals surface area contributed by atoms with E-state index in [1.807, 2.05) is 0 Å². The largest absolute Gasteiger partial charge is 0.478 e. The van der Waals surface area contributed by atoms with Gasteiger partial charge in [-0.25, -0.2) is 13.2 Å². The van der Waals surface area contributed by atoms with Crippen LogP contribution in [0.1, 0.15) is 15.9 Å². The van der Waals surface area contributed by atoms with E-state index in [0.717, 1.165) is 0 Å². The molecule has 0 amide bonds. The zero-order valence-corrected chi connectivity index (χ0v) is 13.9. The molecule has 2 aromatic carbocycles. The second kappa shape index (κ2) is 6.06. The first kappa shape index (κ1) is 16.7. The molecule has 0 saturated carbocycles. The normalized spacial score (nSPS) is 11.4. The van der Waals surface area contributed by atoms with Crippen LogP contribution in [0.2, 0.25) is 0 Å². The molecule has 0 unspecified atom stereocenters. The quantitative estimate of drug-likeness (QED) is 0.662. The van der Waals surface area contributed by atoms with Gasteiger partial charge in [0.05, 0.1) is 10.5 Å². The molecular weight excluding hydrogens is 344 g/mol. The second-order valence-corrected chi connectivity index (χ2v) is 7.19. The second-order valence-electron chi connectivity index (χ2n) is 5.51. The number of aromatic nitrogens is 1. The Kier molecular flexibility index (Phi) is 4.05. The van der Waals surface area contributed by atoms with Crippen LogP contribution in [0.25, 0.3) is 10.9 Å². The van der Waals surface area contributed by atoms with Crippen molar-refractivity contribution in [2.45, 2.75) is 11.8 Å². The van der Waals surface area contributed by atoms with Crippen LogP contribution < -0.4 is 10.3 Å². The number of fused-ring (bicyclic) bond motifs is 1. The van der Waals surface area contributed by atoms with Gasteiger partial charge in [0.15, 0.2) is 0 Å². The van der Waals surface area contributed by atoms with Crippen LogP contribution in [0.3, 0.4) is 0 Å². The van der Waals surface area contributed by atoms with Gasteiger partial charge in [-0.1, -0.05) is 0 Å². The lowest BCUT2D eigenvalue weighted by atomic mass is 10.1. The highest BCUT2D eigenvalue weighted by Crippen LogP contribution is 2.22. The number of anilines is 1. The third-order valence-corrected chi connectivity index (χ3v) is 5.09. The minimum Gasteiger partial charge on any atom is -0.478 e. The third-order valence-electron chi connectivity index (χ3n) is 3.72. The van der Waals surface area contributed by atoms with Crippen molar-refractivity contribution in [3.8, 4) is 0 Å². The maximum atomic E-state index is 12.5. The predicted octanol–water partition coefficient (Wildman–Crippen LogP) is 2.34. The van der Waals surface area contributed by atoms with E-state index in [9.17, 15) is 18.0 Å². The number of carboxylic acid groups (broad SMARTS) is 1. The van der Waals surface area contributed by atoms with Gasteiger partial charge in [0.1, 0.15) is 0 Å². The lowest BCUT2D eigenvalue weighted by Gasteiger charge is -2.10. The highest BCUT2D eigenvalue weighted by Gasteiger charge is 2.16. The summed E-state index contributed by atoms with van der Waals surface area (Å²) in [4.78, 5) is 25.0. The number of carboxylic acids is 1. The third kappa shape index (κ3) is 3.38. The van der Waals surface area contributed by atoms with Crippen molar-refractivity contribution in [3.63, 3.8) is 0 Å². The molecule has 0 bridgehead atoms. The average Bonchev–Trinajstić information content (AvgIpc) is 2.54. The fourth-order valence-corrected chi connectivity index (χ4v) is 3.55. The van der Waals surface area contributed by atoms with E-state index < -0.39 is 16.0 Å². The summed E-state index contributed by atoms with van der Waals surface area (Å²) in [5.74, 6) is -1.09. The molecule has 3 aromatic rings. The van der Waals surface area contributed by atoms with E-state index in [2.05, 4.69) is 9.71 Å². The number of nitrogens with one attached hydrogen (secondary N) is 2. The number of sulfonamides is 1. The summed E-state index contributed by atoms with van der Waals surface area (Å²) in [6.07, 6.45) is 0. The number of pyridine rings is 1. The molecule has 25 heavy (non-hydrogen) atoms. The Balaban J connectivity index is 1.98. The first-order valence-electron chi connectivity index (χ1n) is 7.26. The van der Waals surface area contributed by atoms with Gasteiger partial charge < -0.3 is 10.1 Å². The minimum atomic E-state index is -3.85. The first-order valence-corrected chi connectivity index (χ1v) is 8.74. The van der Waals surface area contributed by atoms with Crippen molar-refractivity contribution in [2.75, 3.05) is 4.72 Å². The monoisotopic (exact) mass is 358 g/mol. The predicted molar refractivity (Wildman–Crippen MR) is 93.5 cm³/mol. The Morgan fingerprint density at radius 2 is 1.76 bits per heavy atom. The van der Waals surface area contributed by atoms with Gasteiger partial charge in [0.25, 0.3) is 10.0 Å². The Labute approximate surface area is 143 Å². The van der Waals surface area contributed by atoms with Crippen LogP contribution in [0.4, 0.5) is 5.69 Å². The van der Waals surface area contributed by atoms with Gasteiger partial charge in [-0.3, -0.25) is 9.52 Å². The number of carbonyl (C=O) groups is 1. The number of hydrogen-bond acceptors (Lipinski definition) is 4. The number of benzene rings is 2. The Hall–Kier alpha value is -3.13. The van der Waals surface area contributed by atoms with Crippen molar-refractivity contribution >= 4 is 32.6 Å². The molecule has 8 heteroatoms. The molecule has 0 saturated heterocycles. The van der Waals surface area contributed by atoms with Crippen LogP contribution >= 0.6 is 0 Å². The van der Waals surface area contributed by atoms with Crippen LogP contribution in [-0.2, 0) is 10.0 Å². The number of aryl methyl sites for hydroxylation is 1. The van der Waals surface area contributed by atoms with E-state index in [1.54, 1.807) is 6.92 Å². The summed E-state index contributed by atoms with van der Waals surface area (Å²) in [5, 5.41) is 9.50. The van der Waals surface area contributed by atoms with Crippen molar-refractivity contribution in [1.29, 1.82) is 0 Å². The van der Waals surface area contributed by atoms with Crippen LogP contribution in [0, 0.1) is 6.92 Å². The molecule has 0 radical (unpaired) electrons. The molecular formula is C17H14N2O5S. The van der Waals surface area contributed by atoms with E-state index in [-0.39, 0.29) is 21.7 Å². The molecule has 1 heterocycles. The Morgan fingerprint density at radius 1 is 1.08 bits per heavy atom. The van der Waals surface area contributed by atoms with E-state index in [0.29, 0.717) is 16.5 Å². The SMILES string of the molecule is Cc1cc(=O)[nH]c2ccc(S(=O)(=O)Nc3ccc(C(=O)O)cc3)cc12. The van der Waals surface area contributed by atoms with Gasteiger partial charge in [-0.2, -0.15) is 0 Å². The van der Waals surface area contributed by atoms with E-state index in [1.165, 1.54) is 48.5 Å². The summed E-state index contributed by atoms with van der Waals surface area (Å²) < 4.78 is 27.5. The summed E-state index contributed by atoms with van der Waals surface area (Å²) in [6.45, 7) is 1.73. The number of aromatic carboxylic acids is 1. The van der Waals surface area contributed by atoms with E-state index in [4.69, 9.17) is 5.11 Å². The molecule has 0 aliphatic rings. The summed E-state index contributed by atoms with van der Waals surface area (Å²) in [6, 6.07) is 11.2. The first-order chi connectivity index (χ1) is 11.8. The van der Waals surface area contributed by atoms with Gasteiger partial charge in [0, 0.05) is 22.7 Å². The minimum absolute atomic E-state index is 0.0393. The number of rotatable bonds is 4. The van der Waals surface area contributed by atoms with Crippen molar-refractivity contribution in [2.24, 2.45) is 0 Å². The van der Waals surface area contributed by atoms with Gasteiger partial charge in [-0.05, 0) is 55.0 Å².